The topological polar surface area (TPSA) is 121 Å². The van der Waals surface area contributed by atoms with Gasteiger partial charge in [-0.1, -0.05) is 62.5 Å². The van der Waals surface area contributed by atoms with Crippen LogP contribution in [0.2, 0.25) is 0 Å². The third-order valence-corrected chi connectivity index (χ3v) is 4.55. The van der Waals surface area contributed by atoms with Crippen LogP contribution in [-0.2, 0) is 6.42 Å². The number of aromatic carboxylic acids is 2. The molecule has 0 saturated carbocycles. The summed E-state index contributed by atoms with van der Waals surface area (Å²) in [5.41, 5.74) is 1.01. The minimum atomic E-state index is -1.33. The lowest BCUT2D eigenvalue weighted by molar-refractivity contribution is -0.270. The van der Waals surface area contributed by atoms with Crippen LogP contribution in [0.3, 0.4) is 0 Å². The lowest BCUT2D eigenvalue weighted by Crippen LogP contribution is -2.12. The fraction of sp³-hybridized carbons (Fsp3) is 0.333. The van der Waals surface area contributed by atoms with Crippen LogP contribution in [0.1, 0.15) is 82.5 Å². The van der Waals surface area contributed by atoms with Crippen LogP contribution in [0.4, 0.5) is 0 Å². The molecule has 0 aliphatic rings. The van der Waals surface area contributed by atoms with E-state index in [1.54, 1.807) is 12.1 Å². The van der Waals surface area contributed by atoms with Crippen LogP contribution in [0, 0.1) is 0 Å². The number of carbonyl (C=O) groups is 2. The summed E-state index contributed by atoms with van der Waals surface area (Å²) in [6.45, 7) is 7.48. The number of rotatable bonds is 6. The van der Waals surface area contributed by atoms with Crippen molar-refractivity contribution < 1.29 is 30.0 Å². The lowest BCUT2D eigenvalue weighted by atomic mass is 9.90. The number of carboxylic acids is 2. The summed E-state index contributed by atoms with van der Waals surface area (Å²) in [7, 11) is 0. The summed E-state index contributed by atoms with van der Waals surface area (Å²) in [5.74, 6) is -3.98. The number of benzene rings is 2. The van der Waals surface area contributed by atoms with Crippen LogP contribution >= 0.6 is 0 Å². The van der Waals surface area contributed by atoms with Crippen molar-refractivity contribution in [2.75, 3.05) is 0 Å². The third-order valence-electron chi connectivity index (χ3n) is 4.55. The van der Waals surface area contributed by atoms with E-state index < -0.39 is 23.4 Å². The van der Waals surface area contributed by atoms with E-state index in [0.717, 1.165) is 0 Å². The summed E-state index contributed by atoms with van der Waals surface area (Å²) in [6.07, 6.45) is -0.112. The van der Waals surface area contributed by atoms with E-state index in [9.17, 15) is 30.0 Å². The predicted octanol–water partition coefficient (Wildman–Crippen LogP) is 3.07. The van der Waals surface area contributed by atoms with E-state index in [4.69, 9.17) is 0 Å². The average Bonchev–Trinajstić information content (AvgIpc) is 2.57. The predicted molar refractivity (Wildman–Crippen MR) is 96.7 cm³/mol. The molecule has 0 aliphatic carbocycles. The highest BCUT2D eigenvalue weighted by molar-refractivity contribution is 5.92. The molecule has 0 amide bonds. The summed E-state index contributed by atoms with van der Waals surface area (Å²) in [4.78, 5) is 22.8. The molecule has 0 heterocycles. The first kappa shape index (κ1) is 20.3. The van der Waals surface area contributed by atoms with Crippen LogP contribution in [-0.4, -0.2) is 22.2 Å². The third kappa shape index (κ3) is 4.22. The van der Waals surface area contributed by atoms with Crippen molar-refractivity contribution in [1.82, 2.24) is 0 Å². The van der Waals surface area contributed by atoms with Crippen molar-refractivity contribution in [3.63, 3.8) is 0 Å². The maximum Gasteiger partial charge on any atom is 0.335 e. The van der Waals surface area contributed by atoms with Crippen LogP contribution in [0.15, 0.2) is 24.3 Å². The Morgan fingerprint density at radius 1 is 0.778 bits per heavy atom. The average molecular weight is 370 g/mol. The van der Waals surface area contributed by atoms with Crippen LogP contribution in [0.25, 0.3) is 0 Å². The molecule has 0 radical (unpaired) electrons. The fourth-order valence-corrected chi connectivity index (χ4v) is 2.88. The van der Waals surface area contributed by atoms with E-state index >= 15 is 0 Å². The summed E-state index contributed by atoms with van der Waals surface area (Å²) in [6, 6.07) is 5.90. The molecular formula is C21H22O6-2. The van der Waals surface area contributed by atoms with Crippen molar-refractivity contribution in [1.29, 1.82) is 0 Å². The molecule has 0 spiro atoms. The highest BCUT2D eigenvalue weighted by Gasteiger charge is 2.15. The molecular weight excluding hydrogens is 348 g/mol. The molecule has 0 unspecified atom stereocenters. The molecule has 0 saturated heterocycles. The minimum absolute atomic E-state index is 0.00856. The van der Waals surface area contributed by atoms with Gasteiger partial charge in [0, 0.05) is 0 Å². The van der Waals surface area contributed by atoms with Crippen molar-refractivity contribution in [2.45, 2.75) is 46.0 Å². The second-order valence-electron chi connectivity index (χ2n) is 7.21. The Morgan fingerprint density at radius 2 is 1.11 bits per heavy atom. The normalized spacial score (nSPS) is 11.2. The van der Waals surface area contributed by atoms with E-state index in [-0.39, 0.29) is 40.5 Å². The van der Waals surface area contributed by atoms with Crippen molar-refractivity contribution in [3.8, 4) is 11.5 Å². The van der Waals surface area contributed by atoms with Gasteiger partial charge in [0.2, 0.25) is 0 Å². The van der Waals surface area contributed by atoms with Crippen molar-refractivity contribution in [3.05, 3.63) is 57.6 Å². The van der Waals surface area contributed by atoms with Gasteiger partial charge in [0.15, 0.2) is 0 Å². The van der Waals surface area contributed by atoms with Gasteiger partial charge >= 0.3 is 11.9 Å². The van der Waals surface area contributed by atoms with Gasteiger partial charge in [-0.05, 0) is 41.5 Å². The monoisotopic (exact) mass is 370 g/mol. The van der Waals surface area contributed by atoms with Crippen molar-refractivity contribution >= 4 is 11.9 Å². The quantitative estimate of drug-likeness (QED) is 0.806. The van der Waals surface area contributed by atoms with Crippen molar-refractivity contribution in [2.24, 2.45) is 0 Å². The zero-order valence-electron chi connectivity index (χ0n) is 15.7. The van der Waals surface area contributed by atoms with Gasteiger partial charge in [-0.15, -0.1) is 0 Å². The van der Waals surface area contributed by atoms with E-state index in [0.29, 0.717) is 11.1 Å². The zero-order valence-corrected chi connectivity index (χ0v) is 15.7. The Bertz CT molecular complexity index is 823. The second kappa shape index (κ2) is 7.70. The van der Waals surface area contributed by atoms with Gasteiger partial charge < -0.3 is 20.4 Å². The van der Waals surface area contributed by atoms with Gasteiger partial charge in [-0.3, -0.25) is 0 Å². The maximum absolute atomic E-state index is 12.5. The molecule has 144 valence electrons. The number of hydrogen-bond acceptors (Lipinski definition) is 4. The fourth-order valence-electron chi connectivity index (χ4n) is 2.88. The van der Waals surface area contributed by atoms with Gasteiger partial charge in [0.05, 0.1) is 11.1 Å². The van der Waals surface area contributed by atoms with Crippen LogP contribution in [0.5, 0.6) is 11.5 Å². The summed E-state index contributed by atoms with van der Waals surface area (Å²) >= 11 is 0. The maximum atomic E-state index is 12.5. The standard InChI is InChI=1S/C21H24O6/c1-10(2)12-5-14(18(22)16(8-12)20(24)25)7-15-6-13(11(3)4)9-17(19(15)23)21(26)27/h5-6,8-11,22-23H,7H2,1-4H3,(H,24,25)(H,26,27)/p-2. The Morgan fingerprint density at radius 3 is 1.37 bits per heavy atom. The molecule has 6 heteroatoms. The molecule has 0 aliphatic heterocycles. The molecule has 6 nitrogen and oxygen atoms in total. The van der Waals surface area contributed by atoms with E-state index in [1.807, 2.05) is 27.7 Å². The Hall–Kier alpha value is -3.02. The molecule has 2 aromatic rings. The zero-order chi connectivity index (χ0) is 20.5. The molecule has 0 aromatic heterocycles. The Kier molecular flexibility index (Phi) is 5.78. The van der Waals surface area contributed by atoms with Gasteiger partial charge in [-0.25, -0.2) is 9.59 Å². The molecule has 2 aromatic carbocycles. The first-order valence-corrected chi connectivity index (χ1v) is 8.67. The second-order valence-corrected chi connectivity index (χ2v) is 7.21. The lowest BCUT2D eigenvalue weighted by Gasteiger charge is -2.24. The van der Waals surface area contributed by atoms with E-state index in [2.05, 4.69) is 0 Å². The first-order valence-electron chi connectivity index (χ1n) is 8.67. The molecule has 0 bridgehead atoms. The molecule has 0 fully saturated rings. The highest BCUT2D eigenvalue weighted by Crippen LogP contribution is 2.32. The number of carboxylic acid groups (broad SMARTS) is 2. The van der Waals surface area contributed by atoms with E-state index in [1.165, 1.54) is 12.1 Å². The van der Waals surface area contributed by atoms with Gasteiger partial charge in [0.25, 0.3) is 0 Å². The molecule has 2 rings (SSSR count). The summed E-state index contributed by atoms with van der Waals surface area (Å²) < 4.78 is 0. The van der Waals surface area contributed by atoms with Gasteiger partial charge in [-0.2, -0.15) is 0 Å². The SMILES string of the molecule is CC(C)c1cc(Cc2cc(C(C)C)cc(C(=O)O)c2[O-])c([O-])c(C(=O)O)c1. The largest absolute Gasteiger partial charge is 0.872 e. The summed E-state index contributed by atoms with van der Waals surface area (Å²) in [5, 5.41) is 43.7. The molecule has 0 atom stereocenters. The minimum Gasteiger partial charge on any atom is -0.872 e. The molecule has 2 N–H and O–H groups in total. The van der Waals surface area contributed by atoms with Gasteiger partial charge in [0.1, 0.15) is 0 Å². The Balaban J connectivity index is 2.66. The number of hydrogen-bond donors (Lipinski definition) is 2. The Labute approximate surface area is 157 Å². The van der Waals surface area contributed by atoms with Crippen LogP contribution < -0.4 is 10.2 Å². The highest BCUT2D eigenvalue weighted by atomic mass is 16.4. The first-order chi connectivity index (χ1) is 12.5. The molecule has 27 heavy (non-hydrogen) atoms. The smallest absolute Gasteiger partial charge is 0.335 e.